The van der Waals surface area contributed by atoms with Crippen LogP contribution in [0.1, 0.15) is 24.8 Å². The van der Waals surface area contributed by atoms with Crippen molar-refractivity contribution in [2.75, 3.05) is 19.3 Å². The molecule has 2 aliphatic heterocycles. The fourth-order valence-electron chi connectivity index (χ4n) is 5.40. The average molecular weight is 440 g/mol. The van der Waals surface area contributed by atoms with E-state index in [1.54, 1.807) is 0 Å². The molecule has 1 saturated heterocycles. The molecule has 3 aromatic carbocycles. The average Bonchev–Trinajstić information content (AvgIpc) is 3.40. The molecule has 0 radical (unpaired) electrons. The van der Waals surface area contributed by atoms with Gasteiger partial charge < -0.3 is 10.0 Å². The summed E-state index contributed by atoms with van der Waals surface area (Å²) >= 11 is 0. The van der Waals surface area contributed by atoms with Crippen LogP contribution < -0.4 is 10.6 Å². The summed E-state index contributed by atoms with van der Waals surface area (Å²) in [5.74, 6) is 0. The lowest BCUT2D eigenvalue weighted by Gasteiger charge is -2.42. The number of hydrogen-bond acceptors (Lipinski definition) is 3. The summed E-state index contributed by atoms with van der Waals surface area (Å²) in [4.78, 5) is 2.37. The third-order valence-electron chi connectivity index (χ3n) is 6.91. The van der Waals surface area contributed by atoms with Crippen LogP contribution in [0.15, 0.2) is 102 Å². The number of hydrogen-bond donors (Lipinski definition) is 1. The maximum absolute atomic E-state index is 12.3. The molecule has 1 unspecified atom stereocenters. The van der Waals surface area contributed by atoms with Gasteiger partial charge in [0, 0.05) is 19.5 Å². The molecule has 32 heavy (non-hydrogen) atoms. The zero-order chi connectivity index (χ0) is 22.0. The van der Waals surface area contributed by atoms with Crippen molar-refractivity contribution in [3.05, 3.63) is 108 Å². The van der Waals surface area contributed by atoms with Gasteiger partial charge in [0.25, 0.3) is 0 Å². The summed E-state index contributed by atoms with van der Waals surface area (Å²) < 4.78 is 0. The van der Waals surface area contributed by atoms with Crippen molar-refractivity contribution in [3.8, 4) is 6.07 Å². The molecule has 5 rings (SSSR count). The monoisotopic (exact) mass is 439 g/mol. The summed E-state index contributed by atoms with van der Waals surface area (Å²) in [6, 6.07) is 33.6. The van der Waals surface area contributed by atoms with Crippen molar-refractivity contribution in [3.63, 3.8) is 0 Å². The van der Waals surface area contributed by atoms with Crippen molar-refractivity contribution in [1.82, 2.24) is 4.90 Å². The number of benzene rings is 3. The Kier molecular flexibility index (Phi) is 5.60. The Bertz CT molecular complexity index is 1110. The molecule has 2 heterocycles. The summed E-state index contributed by atoms with van der Waals surface area (Å²) in [5, 5.41) is 26.1. The quantitative estimate of drug-likeness (QED) is 0.596. The third-order valence-corrected chi connectivity index (χ3v) is 11.4. The van der Waals surface area contributed by atoms with Crippen LogP contribution in [-0.4, -0.2) is 29.3 Å². The summed E-state index contributed by atoms with van der Waals surface area (Å²) in [6.07, 6.45) is 3.29. The van der Waals surface area contributed by atoms with Crippen LogP contribution in [-0.2, 0) is 5.60 Å². The van der Waals surface area contributed by atoms with Crippen LogP contribution in [0.25, 0.3) is 0 Å². The number of rotatable bonds is 4. The van der Waals surface area contributed by atoms with Crippen LogP contribution in [0.3, 0.4) is 0 Å². The molecule has 1 fully saturated rings. The Morgan fingerprint density at radius 1 is 0.781 bits per heavy atom. The Hall–Kier alpha value is -2.92. The van der Waals surface area contributed by atoms with Gasteiger partial charge in [0.05, 0.1) is 5.70 Å². The van der Waals surface area contributed by atoms with Crippen LogP contribution in [0.4, 0.5) is 0 Å². The second kappa shape index (κ2) is 8.55. The normalized spacial score (nSPS) is 22.6. The maximum atomic E-state index is 12.3. The molecular weight excluding hydrogens is 411 g/mol. The van der Waals surface area contributed by atoms with E-state index in [1.807, 2.05) is 42.5 Å². The van der Waals surface area contributed by atoms with E-state index in [1.165, 1.54) is 0 Å². The van der Waals surface area contributed by atoms with Gasteiger partial charge in [-0.15, -0.1) is 0 Å². The minimum absolute atomic E-state index is 0.487. The number of aliphatic hydroxyl groups is 1. The molecule has 2 aliphatic rings. The smallest absolute Gasteiger partial charge is 0.199 e. The van der Waals surface area contributed by atoms with Crippen molar-refractivity contribution < 1.29 is 5.11 Å². The molecule has 4 heteroatoms. The standard InChI is InChI=1S/C28H28N2OP/c29-21-27-26(30-18-10-11-19-30)20-28(31,23-12-4-1-5-13-23)22-32(27,24-14-6-2-7-15-24)25-16-8-3-9-17-25/h1-9,12-17,31H,10-11,18-20,22H2/q+1. The predicted molar refractivity (Wildman–Crippen MR) is 132 cm³/mol. The van der Waals surface area contributed by atoms with Gasteiger partial charge in [-0.2, -0.15) is 5.26 Å². The first-order valence-corrected chi connectivity index (χ1v) is 13.3. The molecule has 3 aromatic rings. The van der Waals surface area contributed by atoms with E-state index in [2.05, 4.69) is 59.5 Å². The van der Waals surface area contributed by atoms with E-state index >= 15 is 0 Å². The molecule has 1 N–H and O–H groups in total. The van der Waals surface area contributed by atoms with Gasteiger partial charge in [0.1, 0.15) is 35.7 Å². The van der Waals surface area contributed by atoms with E-state index < -0.39 is 12.9 Å². The van der Waals surface area contributed by atoms with Crippen LogP contribution in [0, 0.1) is 11.3 Å². The summed E-state index contributed by atoms with van der Waals surface area (Å²) in [7, 11) is -2.37. The zero-order valence-corrected chi connectivity index (χ0v) is 19.1. The van der Waals surface area contributed by atoms with Gasteiger partial charge in [0.15, 0.2) is 5.31 Å². The number of nitrogens with zero attached hydrogens (tertiary/aromatic N) is 2. The number of likely N-dealkylation sites (tertiary alicyclic amines) is 1. The fourth-order valence-corrected chi connectivity index (χ4v) is 10.0. The van der Waals surface area contributed by atoms with Crippen LogP contribution in [0.2, 0.25) is 0 Å². The Labute approximate surface area is 191 Å². The van der Waals surface area contributed by atoms with Gasteiger partial charge in [-0.25, -0.2) is 0 Å². The van der Waals surface area contributed by atoms with Crippen molar-refractivity contribution in [2.24, 2.45) is 0 Å². The maximum Gasteiger partial charge on any atom is 0.199 e. The first-order chi connectivity index (χ1) is 15.7. The minimum atomic E-state index is -2.37. The highest BCUT2D eigenvalue weighted by atomic mass is 31.2. The lowest BCUT2D eigenvalue weighted by molar-refractivity contribution is 0.0526. The summed E-state index contributed by atoms with van der Waals surface area (Å²) in [5.41, 5.74) is 0.951. The van der Waals surface area contributed by atoms with Gasteiger partial charge in [-0.3, -0.25) is 0 Å². The Morgan fingerprint density at radius 3 is 1.78 bits per heavy atom. The van der Waals surface area contributed by atoms with E-state index in [0.29, 0.717) is 12.6 Å². The molecule has 0 aromatic heterocycles. The van der Waals surface area contributed by atoms with E-state index in [-0.39, 0.29) is 0 Å². The number of nitriles is 1. The van der Waals surface area contributed by atoms with E-state index in [4.69, 9.17) is 0 Å². The van der Waals surface area contributed by atoms with Gasteiger partial charge in [0.2, 0.25) is 0 Å². The molecule has 0 bridgehead atoms. The molecule has 0 amide bonds. The van der Waals surface area contributed by atoms with E-state index in [9.17, 15) is 10.4 Å². The summed E-state index contributed by atoms with van der Waals surface area (Å²) in [6.45, 7) is 1.91. The van der Waals surface area contributed by atoms with E-state index in [0.717, 1.165) is 53.1 Å². The third kappa shape index (κ3) is 3.45. The predicted octanol–water partition coefficient (Wildman–Crippen LogP) is 4.78. The second-order valence-corrected chi connectivity index (χ2v) is 12.2. The van der Waals surface area contributed by atoms with Gasteiger partial charge in [-0.1, -0.05) is 66.7 Å². The molecule has 160 valence electrons. The van der Waals surface area contributed by atoms with Crippen molar-refractivity contribution in [1.29, 1.82) is 5.26 Å². The minimum Gasteiger partial charge on any atom is -0.381 e. The molecule has 0 aliphatic carbocycles. The molecule has 1 atom stereocenters. The molecule has 0 saturated carbocycles. The lowest BCUT2D eigenvalue weighted by atomic mass is 9.90. The fraction of sp³-hybridized carbons (Fsp3) is 0.250. The topological polar surface area (TPSA) is 47.3 Å². The first kappa shape index (κ1) is 21.0. The van der Waals surface area contributed by atoms with Crippen molar-refractivity contribution in [2.45, 2.75) is 24.9 Å². The SMILES string of the molecule is N#CC1=C(N2CCCC2)CC(O)(c2ccccc2)C[P+]1(c1ccccc1)c1ccccc1. The van der Waals surface area contributed by atoms with Crippen molar-refractivity contribution >= 4 is 17.9 Å². The molecule has 3 nitrogen and oxygen atoms in total. The van der Waals surface area contributed by atoms with Gasteiger partial charge >= 0.3 is 0 Å². The largest absolute Gasteiger partial charge is 0.381 e. The first-order valence-electron chi connectivity index (χ1n) is 11.3. The highest BCUT2D eigenvalue weighted by molar-refractivity contribution is 7.93. The van der Waals surface area contributed by atoms with Crippen LogP contribution in [0.5, 0.6) is 0 Å². The highest BCUT2D eigenvalue weighted by Crippen LogP contribution is 2.70. The Morgan fingerprint density at radius 2 is 1.28 bits per heavy atom. The van der Waals surface area contributed by atoms with Gasteiger partial charge in [-0.05, 0) is 42.7 Å². The second-order valence-electron chi connectivity index (χ2n) is 8.81. The highest BCUT2D eigenvalue weighted by Gasteiger charge is 2.59. The molecular formula is C28H28N2OP+. The lowest BCUT2D eigenvalue weighted by Crippen LogP contribution is -2.44. The zero-order valence-electron chi connectivity index (χ0n) is 18.2. The Balaban J connectivity index is 1.83. The number of allylic oxidation sites excluding steroid dienone is 1. The molecule has 0 spiro atoms. The van der Waals surface area contributed by atoms with Crippen LogP contribution >= 0.6 is 7.26 Å².